The number of hydrogen-bond acceptors (Lipinski definition) is 3. The third-order valence-corrected chi connectivity index (χ3v) is 4.12. The smallest absolute Gasteiger partial charge is 0.257 e. The van der Waals surface area contributed by atoms with Crippen molar-refractivity contribution in [2.75, 3.05) is 25.4 Å². The van der Waals surface area contributed by atoms with Crippen molar-refractivity contribution in [1.29, 1.82) is 0 Å². The van der Waals surface area contributed by atoms with Crippen LogP contribution in [-0.2, 0) is 4.79 Å². The summed E-state index contributed by atoms with van der Waals surface area (Å²) in [5, 5.41) is 3.21. The summed E-state index contributed by atoms with van der Waals surface area (Å²) in [7, 11) is 0. The zero-order chi connectivity index (χ0) is 15.4. The fourth-order valence-electron chi connectivity index (χ4n) is 2.55. The van der Waals surface area contributed by atoms with Gasteiger partial charge in [0, 0.05) is 32.2 Å². The summed E-state index contributed by atoms with van der Waals surface area (Å²) in [5.41, 5.74) is 6.66. The summed E-state index contributed by atoms with van der Waals surface area (Å²) in [4.78, 5) is 25.2. The van der Waals surface area contributed by atoms with Crippen LogP contribution in [0, 0.1) is 5.92 Å². The summed E-state index contributed by atoms with van der Waals surface area (Å²) in [6.45, 7) is 3.51. The molecule has 0 aromatic heterocycles. The number of rotatable bonds is 3. The van der Waals surface area contributed by atoms with Gasteiger partial charge in [0.1, 0.15) is 0 Å². The molecule has 0 radical (unpaired) electrons. The molecular formula is C15H20ClN3O2. The Kier molecular flexibility index (Phi) is 5.07. The number of likely N-dealkylation sites (tertiary alicyclic amines) is 1. The maximum absolute atomic E-state index is 12.5. The molecule has 3 N–H and O–H groups in total. The van der Waals surface area contributed by atoms with Crippen molar-refractivity contribution in [3.8, 4) is 0 Å². The van der Waals surface area contributed by atoms with Crippen LogP contribution >= 0.6 is 11.6 Å². The molecule has 1 aliphatic rings. The lowest BCUT2D eigenvalue weighted by Gasteiger charge is -2.32. The minimum atomic E-state index is -0.115. The molecule has 0 aliphatic carbocycles. The van der Waals surface area contributed by atoms with Crippen molar-refractivity contribution < 1.29 is 9.59 Å². The van der Waals surface area contributed by atoms with Crippen LogP contribution in [0.2, 0.25) is 5.02 Å². The van der Waals surface area contributed by atoms with E-state index in [1.807, 2.05) is 0 Å². The standard InChI is InChI=1S/C15H20ClN3O2/c1-10(20)18-9-11-5-7-19(8-6-11)15(21)14-12(16)3-2-4-13(14)17/h2-4,11H,5-9,17H2,1H3,(H,18,20). The Morgan fingerprint density at radius 2 is 2.05 bits per heavy atom. The van der Waals surface area contributed by atoms with Gasteiger partial charge in [0.15, 0.2) is 0 Å². The molecule has 0 unspecified atom stereocenters. The third kappa shape index (κ3) is 3.88. The van der Waals surface area contributed by atoms with Crippen LogP contribution in [0.1, 0.15) is 30.1 Å². The highest BCUT2D eigenvalue weighted by molar-refractivity contribution is 6.34. The Morgan fingerprint density at radius 3 is 2.62 bits per heavy atom. The number of nitrogen functional groups attached to an aromatic ring is 1. The van der Waals surface area contributed by atoms with E-state index < -0.39 is 0 Å². The fraction of sp³-hybridized carbons (Fsp3) is 0.467. The Labute approximate surface area is 129 Å². The van der Waals surface area contributed by atoms with Crippen molar-refractivity contribution >= 4 is 29.1 Å². The zero-order valence-electron chi connectivity index (χ0n) is 12.1. The van der Waals surface area contributed by atoms with E-state index in [4.69, 9.17) is 17.3 Å². The molecular weight excluding hydrogens is 290 g/mol. The topological polar surface area (TPSA) is 75.4 Å². The largest absolute Gasteiger partial charge is 0.398 e. The number of hydrogen-bond donors (Lipinski definition) is 2. The average Bonchev–Trinajstić information content (AvgIpc) is 2.45. The molecule has 1 aromatic carbocycles. The highest BCUT2D eigenvalue weighted by atomic mass is 35.5. The van der Waals surface area contributed by atoms with Gasteiger partial charge in [0.25, 0.3) is 5.91 Å². The fourth-order valence-corrected chi connectivity index (χ4v) is 2.82. The number of nitrogens with two attached hydrogens (primary N) is 1. The van der Waals surface area contributed by atoms with E-state index in [2.05, 4.69) is 5.32 Å². The maximum atomic E-state index is 12.5. The number of nitrogens with one attached hydrogen (secondary N) is 1. The first-order valence-corrected chi connectivity index (χ1v) is 7.44. The second-order valence-electron chi connectivity index (χ2n) is 5.38. The normalized spacial score (nSPS) is 15.8. The number of benzene rings is 1. The number of carbonyl (C=O) groups excluding carboxylic acids is 2. The second-order valence-corrected chi connectivity index (χ2v) is 5.78. The van der Waals surface area contributed by atoms with E-state index in [1.165, 1.54) is 6.92 Å². The quantitative estimate of drug-likeness (QED) is 0.838. The minimum absolute atomic E-state index is 0.0163. The van der Waals surface area contributed by atoms with Gasteiger partial charge in [-0.25, -0.2) is 0 Å². The molecule has 0 atom stereocenters. The summed E-state index contributed by atoms with van der Waals surface area (Å²) in [6.07, 6.45) is 1.74. The first-order valence-electron chi connectivity index (χ1n) is 7.06. The highest BCUT2D eigenvalue weighted by Crippen LogP contribution is 2.26. The van der Waals surface area contributed by atoms with E-state index in [1.54, 1.807) is 23.1 Å². The lowest BCUT2D eigenvalue weighted by molar-refractivity contribution is -0.119. The van der Waals surface area contributed by atoms with Crippen LogP contribution in [0.4, 0.5) is 5.69 Å². The van der Waals surface area contributed by atoms with Crippen molar-refractivity contribution in [2.45, 2.75) is 19.8 Å². The number of halogens is 1. The molecule has 0 spiro atoms. The van der Waals surface area contributed by atoms with Gasteiger partial charge in [-0.3, -0.25) is 9.59 Å². The van der Waals surface area contributed by atoms with Gasteiger partial charge in [0.05, 0.1) is 10.6 Å². The van der Waals surface area contributed by atoms with Gasteiger partial charge >= 0.3 is 0 Å². The van der Waals surface area contributed by atoms with E-state index in [-0.39, 0.29) is 11.8 Å². The molecule has 2 amide bonds. The minimum Gasteiger partial charge on any atom is -0.398 e. The lowest BCUT2D eigenvalue weighted by Crippen LogP contribution is -2.41. The first-order chi connectivity index (χ1) is 9.99. The number of amides is 2. The number of anilines is 1. The third-order valence-electron chi connectivity index (χ3n) is 3.80. The molecule has 2 rings (SSSR count). The van der Waals surface area contributed by atoms with E-state index in [9.17, 15) is 9.59 Å². The Bertz CT molecular complexity index is 519. The van der Waals surface area contributed by atoms with Gasteiger partial charge in [-0.1, -0.05) is 17.7 Å². The molecule has 1 saturated heterocycles. The van der Waals surface area contributed by atoms with Crippen molar-refractivity contribution in [1.82, 2.24) is 10.2 Å². The van der Waals surface area contributed by atoms with E-state index in [0.717, 1.165) is 12.8 Å². The molecule has 114 valence electrons. The monoisotopic (exact) mass is 309 g/mol. The van der Waals surface area contributed by atoms with Gasteiger partial charge in [0.2, 0.25) is 5.91 Å². The molecule has 1 fully saturated rings. The summed E-state index contributed by atoms with van der Waals surface area (Å²) in [5.74, 6) is 0.287. The highest BCUT2D eigenvalue weighted by Gasteiger charge is 2.26. The zero-order valence-corrected chi connectivity index (χ0v) is 12.8. The number of nitrogens with zero attached hydrogens (tertiary/aromatic N) is 1. The maximum Gasteiger partial charge on any atom is 0.257 e. The molecule has 0 bridgehead atoms. The SMILES string of the molecule is CC(=O)NCC1CCN(C(=O)c2c(N)cccc2Cl)CC1. The van der Waals surface area contributed by atoms with Crippen molar-refractivity contribution in [2.24, 2.45) is 5.92 Å². The summed E-state index contributed by atoms with van der Waals surface area (Å²) in [6, 6.07) is 5.09. The van der Waals surface area contributed by atoms with Crippen LogP contribution in [0.15, 0.2) is 18.2 Å². The first kappa shape index (κ1) is 15.6. The predicted molar refractivity (Wildman–Crippen MR) is 83.2 cm³/mol. The number of piperidine rings is 1. The van der Waals surface area contributed by atoms with E-state index >= 15 is 0 Å². The van der Waals surface area contributed by atoms with Gasteiger partial charge < -0.3 is 16.0 Å². The molecule has 1 aliphatic heterocycles. The van der Waals surface area contributed by atoms with Crippen molar-refractivity contribution in [3.05, 3.63) is 28.8 Å². The summed E-state index contributed by atoms with van der Waals surface area (Å²) < 4.78 is 0. The van der Waals surface area contributed by atoms with Crippen LogP contribution in [-0.4, -0.2) is 36.3 Å². The molecule has 21 heavy (non-hydrogen) atoms. The molecule has 1 heterocycles. The van der Waals surface area contributed by atoms with E-state index in [0.29, 0.717) is 41.8 Å². The lowest BCUT2D eigenvalue weighted by atomic mass is 9.96. The summed E-state index contributed by atoms with van der Waals surface area (Å²) >= 11 is 6.08. The van der Waals surface area contributed by atoms with Crippen molar-refractivity contribution in [3.63, 3.8) is 0 Å². The van der Waals surface area contributed by atoms with Gasteiger partial charge in [-0.05, 0) is 30.9 Å². The Morgan fingerprint density at radius 1 is 1.38 bits per heavy atom. The molecule has 6 heteroatoms. The van der Waals surface area contributed by atoms with Crippen LogP contribution in [0.3, 0.4) is 0 Å². The molecule has 5 nitrogen and oxygen atoms in total. The molecule has 1 aromatic rings. The van der Waals surface area contributed by atoms with Crippen LogP contribution in [0.5, 0.6) is 0 Å². The second kappa shape index (κ2) is 6.80. The molecule has 0 saturated carbocycles. The van der Waals surface area contributed by atoms with Crippen LogP contribution in [0.25, 0.3) is 0 Å². The average molecular weight is 310 g/mol. The van der Waals surface area contributed by atoms with Gasteiger partial charge in [-0.15, -0.1) is 0 Å². The van der Waals surface area contributed by atoms with Gasteiger partial charge in [-0.2, -0.15) is 0 Å². The van der Waals surface area contributed by atoms with Crippen LogP contribution < -0.4 is 11.1 Å². The Balaban J connectivity index is 1.96. The number of carbonyl (C=O) groups is 2. The predicted octanol–water partition coefficient (Wildman–Crippen LogP) is 1.91. The Hall–Kier alpha value is -1.75.